The number of benzene rings is 1. The van der Waals surface area contributed by atoms with Crippen molar-refractivity contribution in [3.8, 4) is 0 Å². The van der Waals surface area contributed by atoms with E-state index in [0.29, 0.717) is 28.7 Å². The number of sulfonamides is 1. The van der Waals surface area contributed by atoms with Crippen molar-refractivity contribution < 1.29 is 8.42 Å². The molecule has 5 nitrogen and oxygen atoms in total. The van der Waals surface area contributed by atoms with Gasteiger partial charge in [0.2, 0.25) is 10.0 Å². The Morgan fingerprint density at radius 3 is 2.81 bits per heavy atom. The van der Waals surface area contributed by atoms with Crippen LogP contribution in [0.15, 0.2) is 27.6 Å². The molecule has 3 N–H and O–H groups in total. The number of nitrogens with one attached hydrogen (secondary N) is 1. The molecule has 1 heterocycles. The van der Waals surface area contributed by atoms with Gasteiger partial charge in [0.15, 0.2) is 0 Å². The normalized spacial score (nSPS) is 20.3. The number of likely N-dealkylation sites (tertiary alicyclic amines) is 1. The van der Waals surface area contributed by atoms with Crippen LogP contribution in [-0.4, -0.2) is 39.0 Å². The number of hydrogen-bond acceptors (Lipinski definition) is 4. The zero-order chi connectivity index (χ0) is 15.6. The fraction of sp³-hybridized carbons (Fsp3) is 0.571. The molecule has 1 aromatic carbocycles. The SMILES string of the molecule is CC(C)N1CCC(CNS(=O)(=O)c2cc(N)ccc2Br)C1. The molecule has 0 aliphatic carbocycles. The number of halogens is 1. The summed E-state index contributed by atoms with van der Waals surface area (Å²) in [6, 6.07) is 5.30. The van der Waals surface area contributed by atoms with Gasteiger partial charge in [0, 0.05) is 29.3 Å². The van der Waals surface area contributed by atoms with Crippen LogP contribution in [0, 0.1) is 5.92 Å². The van der Waals surface area contributed by atoms with Crippen LogP contribution in [0.2, 0.25) is 0 Å². The molecule has 1 aliphatic heterocycles. The average Bonchev–Trinajstić information content (AvgIpc) is 2.88. The lowest BCUT2D eigenvalue weighted by Crippen LogP contribution is -2.33. The summed E-state index contributed by atoms with van der Waals surface area (Å²) in [4.78, 5) is 2.57. The van der Waals surface area contributed by atoms with Crippen molar-refractivity contribution in [2.75, 3.05) is 25.4 Å². The maximum absolute atomic E-state index is 12.4. The Bertz CT molecular complexity index is 604. The molecule has 1 unspecified atom stereocenters. The van der Waals surface area contributed by atoms with E-state index < -0.39 is 10.0 Å². The zero-order valence-corrected chi connectivity index (χ0v) is 14.7. The summed E-state index contributed by atoms with van der Waals surface area (Å²) in [6.45, 7) is 6.77. The molecule has 0 aromatic heterocycles. The molecular formula is C14H22BrN3O2S. The summed E-state index contributed by atoms with van der Waals surface area (Å²) in [5.41, 5.74) is 6.11. The Balaban J connectivity index is 2.01. The van der Waals surface area contributed by atoms with Crippen molar-refractivity contribution >= 4 is 31.6 Å². The molecule has 21 heavy (non-hydrogen) atoms. The highest BCUT2D eigenvalue weighted by atomic mass is 79.9. The second-order valence-electron chi connectivity index (χ2n) is 5.79. The minimum atomic E-state index is -3.53. The summed E-state index contributed by atoms with van der Waals surface area (Å²) >= 11 is 3.27. The molecule has 1 saturated heterocycles. The quantitative estimate of drug-likeness (QED) is 0.772. The predicted octanol–water partition coefficient (Wildman–Crippen LogP) is 2.04. The molecule has 1 fully saturated rings. The van der Waals surface area contributed by atoms with Crippen molar-refractivity contribution in [3.63, 3.8) is 0 Å². The van der Waals surface area contributed by atoms with E-state index in [1.54, 1.807) is 12.1 Å². The second-order valence-corrected chi connectivity index (χ2v) is 8.37. The van der Waals surface area contributed by atoms with Gasteiger partial charge in [-0.15, -0.1) is 0 Å². The first kappa shape index (κ1) is 16.7. The Morgan fingerprint density at radius 2 is 2.19 bits per heavy atom. The highest BCUT2D eigenvalue weighted by Crippen LogP contribution is 2.25. The molecule has 1 atom stereocenters. The van der Waals surface area contributed by atoms with E-state index in [9.17, 15) is 8.42 Å². The fourth-order valence-corrected chi connectivity index (χ4v) is 4.64. The van der Waals surface area contributed by atoms with E-state index in [2.05, 4.69) is 39.4 Å². The molecule has 0 amide bonds. The third-order valence-corrected chi connectivity index (χ3v) is 6.27. The third-order valence-electron chi connectivity index (χ3n) is 3.85. The predicted molar refractivity (Wildman–Crippen MR) is 88.6 cm³/mol. The zero-order valence-electron chi connectivity index (χ0n) is 12.3. The van der Waals surface area contributed by atoms with Crippen LogP contribution in [0.1, 0.15) is 20.3 Å². The van der Waals surface area contributed by atoms with Gasteiger partial charge in [-0.3, -0.25) is 0 Å². The van der Waals surface area contributed by atoms with Crippen LogP contribution >= 0.6 is 15.9 Å². The van der Waals surface area contributed by atoms with Crippen LogP contribution in [0.5, 0.6) is 0 Å². The number of nitrogens with zero attached hydrogens (tertiary/aromatic N) is 1. The van der Waals surface area contributed by atoms with Gasteiger partial charge in [-0.1, -0.05) is 0 Å². The molecule has 7 heteroatoms. The van der Waals surface area contributed by atoms with Crippen LogP contribution in [0.25, 0.3) is 0 Å². The first-order chi connectivity index (χ1) is 9.79. The maximum atomic E-state index is 12.4. The van der Waals surface area contributed by atoms with Gasteiger partial charge in [-0.05, 0) is 66.9 Å². The Hall–Kier alpha value is -0.630. The number of nitrogens with two attached hydrogens (primary N) is 1. The topological polar surface area (TPSA) is 75.4 Å². The van der Waals surface area contributed by atoms with Gasteiger partial charge < -0.3 is 10.6 Å². The van der Waals surface area contributed by atoms with Crippen molar-refractivity contribution in [1.82, 2.24) is 9.62 Å². The summed E-state index contributed by atoms with van der Waals surface area (Å²) in [5.74, 6) is 0.363. The van der Waals surface area contributed by atoms with E-state index in [1.807, 2.05) is 0 Å². The van der Waals surface area contributed by atoms with E-state index in [0.717, 1.165) is 19.5 Å². The van der Waals surface area contributed by atoms with E-state index in [4.69, 9.17) is 5.73 Å². The standard InChI is InChI=1S/C14H22BrN3O2S/c1-10(2)18-6-5-11(9-18)8-17-21(19,20)14-7-12(16)3-4-13(14)15/h3-4,7,10-11,17H,5-6,8-9,16H2,1-2H3. The van der Waals surface area contributed by atoms with Crippen molar-refractivity contribution in [2.45, 2.75) is 31.2 Å². The Labute approximate surface area is 135 Å². The number of anilines is 1. The molecule has 2 rings (SSSR count). The highest BCUT2D eigenvalue weighted by Gasteiger charge is 2.26. The maximum Gasteiger partial charge on any atom is 0.241 e. The van der Waals surface area contributed by atoms with E-state index in [-0.39, 0.29) is 4.90 Å². The molecule has 0 bridgehead atoms. The van der Waals surface area contributed by atoms with Gasteiger partial charge in [0.05, 0.1) is 4.90 Å². The molecule has 1 aliphatic rings. The van der Waals surface area contributed by atoms with Crippen molar-refractivity contribution in [3.05, 3.63) is 22.7 Å². The lowest BCUT2D eigenvalue weighted by Gasteiger charge is -2.20. The van der Waals surface area contributed by atoms with Gasteiger partial charge in [0.25, 0.3) is 0 Å². The van der Waals surface area contributed by atoms with Gasteiger partial charge in [-0.25, -0.2) is 13.1 Å². The van der Waals surface area contributed by atoms with Gasteiger partial charge >= 0.3 is 0 Å². The first-order valence-corrected chi connectivity index (χ1v) is 9.36. The summed E-state index contributed by atoms with van der Waals surface area (Å²) in [7, 11) is -3.53. The van der Waals surface area contributed by atoms with Crippen LogP contribution < -0.4 is 10.5 Å². The summed E-state index contributed by atoms with van der Waals surface area (Å²) < 4.78 is 28.0. The second kappa shape index (κ2) is 6.64. The lowest BCUT2D eigenvalue weighted by molar-refractivity contribution is 0.265. The lowest BCUT2D eigenvalue weighted by atomic mass is 10.1. The Morgan fingerprint density at radius 1 is 1.48 bits per heavy atom. The van der Waals surface area contributed by atoms with Crippen molar-refractivity contribution in [1.29, 1.82) is 0 Å². The van der Waals surface area contributed by atoms with Gasteiger partial charge in [-0.2, -0.15) is 0 Å². The van der Waals surface area contributed by atoms with E-state index in [1.165, 1.54) is 6.07 Å². The minimum Gasteiger partial charge on any atom is -0.399 e. The number of hydrogen-bond donors (Lipinski definition) is 2. The van der Waals surface area contributed by atoms with Crippen LogP contribution in [0.4, 0.5) is 5.69 Å². The smallest absolute Gasteiger partial charge is 0.241 e. The summed E-state index contributed by atoms with van der Waals surface area (Å²) in [5, 5.41) is 0. The average molecular weight is 376 g/mol. The van der Waals surface area contributed by atoms with E-state index >= 15 is 0 Å². The first-order valence-electron chi connectivity index (χ1n) is 7.08. The minimum absolute atomic E-state index is 0.196. The molecule has 0 saturated carbocycles. The molecule has 118 valence electrons. The fourth-order valence-electron chi connectivity index (χ4n) is 2.53. The highest BCUT2D eigenvalue weighted by molar-refractivity contribution is 9.10. The van der Waals surface area contributed by atoms with Gasteiger partial charge in [0.1, 0.15) is 0 Å². The Kier molecular flexibility index (Phi) is 5.29. The number of rotatable bonds is 5. The van der Waals surface area contributed by atoms with Crippen molar-refractivity contribution in [2.24, 2.45) is 5.92 Å². The molecule has 1 aromatic rings. The van der Waals surface area contributed by atoms with Crippen LogP contribution in [-0.2, 0) is 10.0 Å². The summed E-state index contributed by atoms with van der Waals surface area (Å²) in [6.07, 6.45) is 1.03. The molecular weight excluding hydrogens is 354 g/mol. The molecule has 0 spiro atoms. The molecule has 0 radical (unpaired) electrons. The largest absolute Gasteiger partial charge is 0.399 e. The third kappa shape index (κ3) is 4.18. The van der Waals surface area contributed by atoms with Crippen LogP contribution in [0.3, 0.4) is 0 Å². The number of nitrogen functional groups attached to an aromatic ring is 1. The monoisotopic (exact) mass is 375 g/mol.